The van der Waals surface area contributed by atoms with Crippen molar-refractivity contribution < 1.29 is 8.42 Å². The number of sulfonamides is 1. The van der Waals surface area contributed by atoms with Crippen molar-refractivity contribution in [2.45, 2.75) is 24.8 Å². The first kappa shape index (κ1) is 15.5. The van der Waals surface area contributed by atoms with Gasteiger partial charge < -0.3 is 5.32 Å². The molecule has 1 aromatic carbocycles. The van der Waals surface area contributed by atoms with Crippen molar-refractivity contribution in [3.63, 3.8) is 0 Å². The van der Waals surface area contributed by atoms with Crippen molar-refractivity contribution >= 4 is 15.7 Å². The quantitative estimate of drug-likeness (QED) is 0.816. The first-order valence-corrected chi connectivity index (χ1v) is 8.31. The Hall–Kier alpha value is -1.86. The molecule has 0 unspecified atom stereocenters. The topological polar surface area (TPSA) is 76.0 Å². The molecule has 0 amide bonds. The standard InChI is InChI=1S/C14H20N4O2S/c1-3-9-15-12-4-6-14(7-5-12)21(19,20)16-11-13-8-10-18(2)17-13/h4-8,10,15-16H,3,9,11H2,1-2H3. The summed E-state index contributed by atoms with van der Waals surface area (Å²) in [6.07, 6.45) is 2.80. The van der Waals surface area contributed by atoms with Crippen molar-refractivity contribution in [3.8, 4) is 0 Å². The van der Waals surface area contributed by atoms with Crippen molar-refractivity contribution in [1.29, 1.82) is 0 Å². The fourth-order valence-electron chi connectivity index (χ4n) is 1.83. The van der Waals surface area contributed by atoms with Crippen LogP contribution in [-0.4, -0.2) is 24.7 Å². The molecule has 0 radical (unpaired) electrons. The summed E-state index contributed by atoms with van der Waals surface area (Å²) in [5.41, 5.74) is 1.60. The fraction of sp³-hybridized carbons (Fsp3) is 0.357. The Kier molecular flexibility index (Phi) is 4.98. The Morgan fingerprint density at radius 2 is 1.90 bits per heavy atom. The molecule has 0 atom stereocenters. The third-order valence-electron chi connectivity index (χ3n) is 2.96. The van der Waals surface area contributed by atoms with Gasteiger partial charge in [-0.2, -0.15) is 5.10 Å². The normalized spacial score (nSPS) is 11.5. The number of aryl methyl sites for hydroxylation is 1. The van der Waals surface area contributed by atoms with E-state index in [0.717, 1.165) is 18.7 Å². The molecular weight excluding hydrogens is 288 g/mol. The highest BCUT2D eigenvalue weighted by Gasteiger charge is 2.14. The zero-order valence-corrected chi connectivity index (χ0v) is 13.0. The molecule has 1 heterocycles. The smallest absolute Gasteiger partial charge is 0.240 e. The highest BCUT2D eigenvalue weighted by molar-refractivity contribution is 7.89. The number of nitrogens with one attached hydrogen (secondary N) is 2. The van der Waals surface area contributed by atoms with E-state index in [2.05, 4.69) is 22.1 Å². The van der Waals surface area contributed by atoms with E-state index in [1.165, 1.54) is 0 Å². The SMILES string of the molecule is CCCNc1ccc(S(=O)(=O)NCc2ccn(C)n2)cc1. The lowest BCUT2D eigenvalue weighted by atomic mass is 10.3. The third-order valence-corrected chi connectivity index (χ3v) is 4.37. The van der Waals surface area contributed by atoms with Gasteiger partial charge in [-0.05, 0) is 36.8 Å². The lowest BCUT2D eigenvalue weighted by molar-refractivity contribution is 0.579. The Labute approximate surface area is 125 Å². The third kappa shape index (κ3) is 4.30. The van der Waals surface area contributed by atoms with Crippen molar-refractivity contribution in [3.05, 3.63) is 42.2 Å². The minimum Gasteiger partial charge on any atom is -0.385 e. The summed E-state index contributed by atoms with van der Waals surface area (Å²) < 4.78 is 28.5. The van der Waals surface area contributed by atoms with Gasteiger partial charge in [0, 0.05) is 25.5 Å². The van der Waals surface area contributed by atoms with Crippen LogP contribution in [-0.2, 0) is 23.6 Å². The van der Waals surface area contributed by atoms with Crippen molar-refractivity contribution in [1.82, 2.24) is 14.5 Å². The van der Waals surface area contributed by atoms with Crippen LogP contribution in [0.2, 0.25) is 0 Å². The molecule has 21 heavy (non-hydrogen) atoms. The number of hydrogen-bond acceptors (Lipinski definition) is 4. The lowest BCUT2D eigenvalue weighted by Gasteiger charge is -2.08. The first-order valence-electron chi connectivity index (χ1n) is 6.83. The predicted octanol–water partition coefficient (Wildman–Crippen LogP) is 1.72. The van der Waals surface area contributed by atoms with Crippen LogP contribution >= 0.6 is 0 Å². The number of anilines is 1. The van der Waals surface area contributed by atoms with Gasteiger partial charge in [-0.1, -0.05) is 6.92 Å². The van der Waals surface area contributed by atoms with E-state index in [1.807, 2.05) is 0 Å². The van der Waals surface area contributed by atoms with Crippen LogP contribution < -0.4 is 10.0 Å². The van der Waals surface area contributed by atoms with E-state index < -0.39 is 10.0 Å². The molecule has 2 N–H and O–H groups in total. The van der Waals surface area contributed by atoms with Gasteiger partial charge in [0.2, 0.25) is 10.0 Å². The summed E-state index contributed by atoms with van der Waals surface area (Å²) in [4.78, 5) is 0.250. The molecule has 0 aliphatic heterocycles. The molecule has 7 heteroatoms. The van der Waals surface area contributed by atoms with Crippen LogP contribution in [0.4, 0.5) is 5.69 Å². The van der Waals surface area contributed by atoms with Gasteiger partial charge in [0.05, 0.1) is 17.1 Å². The van der Waals surface area contributed by atoms with E-state index in [4.69, 9.17) is 0 Å². The maximum atomic E-state index is 12.2. The largest absolute Gasteiger partial charge is 0.385 e. The summed E-state index contributed by atoms with van der Waals surface area (Å²) in [6, 6.07) is 8.51. The Morgan fingerprint density at radius 3 is 2.48 bits per heavy atom. The highest BCUT2D eigenvalue weighted by Crippen LogP contribution is 2.14. The van der Waals surface area contributed by atoms with Gasteiger partial charge >= 0.3 is 0 Å². The molecule has 0 saturated carbocycles. The van der Waals surface area contributed by atoms with Gasteiger partial charge in [-0.3, -0.25) is 4.68 Å². The van der Waals surface area contributed by atoms with Crippen molar-refractivity contribution in [2.75, 3.05) is 11.9 Å². The second kappa shape index (κ2) is 6.73. The summed E-state index contributed by atoms with van der Waals surface area (Å²) in [5, 5.41) is 7.34. The molecule has 0 bridgehead atoms. The van der Waals surface area contributed by atoms with Gasteiger partial charge in [0.15, 0.2) is 0 Å². The minimum atomic E-state index is -3.51. The molecule has 0 fully saturated rings. The highest BCUT2D eigenvalue weighted by atomic mass is 32.2. The molecule has 6 nitrogen and oxygen atoms in total. The van der Waals surface area contributed by atoms with E-state index in [1.54, 1.807) is 48.3 Å². The summed E-state index contributed by atoms with van der Waals surface area (Å²) in [7, 11) is -1.72. The molecule has 0 spiro atoms. The Balaban J connectivity index is 2.01. The molecule has 1 aromatic heterocycles. The van der Waals surface area contributed by atoms with Gasteiger partial charge in [0.1, 0.15) is 0 Å². The average Bonchev–Trinajstić information content (AvgIpc) is 2.89. The van der Waals surface area contributed by atoms with E-state index in [-0.39, 0.29) is 11.4 Å². The number of nitrogens with zero attached hydrogens (tertiary/aromatic N) is 2. The van der Waals surface area contributed by atoms with E-state index >= 15 is 0 Å². The van der Waals surface area contributed by atoms with Crippen LogP contribution in [0.1, 0.15) is 19.0 Å². The number of hydrogen-bond donors (Lipinski definition) is 2. The maximum Gasteiger partial charge on any atom is 0.240 e. The number of benzene rings is 1. The zero-order chi connectivity index (χ0) is 15.3. The first-order chi connectivity index (χ1) is 10.0. The Bertz CT molecular complexity index is 677. The molecule has 2 rings (SSSR count). The van der Waals surface area contributed by atoms with Crippen LogP contribution in [0, 0.1) is 0 Å². The minimum absolute atomic E-state index is 0.180. The lowest BCUT2D eigenvalue weighted by Crippen LogP contribution is -2.23. The van der Waals surface area contributed by atoms with Gasteiger partial charge in [-0.25, -0.2) is 13.1 Å². The van der Waals surface area contributed by atoms with Crippen LogP contribution in [0.15, 0.2) is 41.4 Å². The van der Waals surface area contributed by atoms with Crippen LogP contribution in [0.25, 0.3) is 0 Å². The fourth-order valence-corrected chi connectivity index (χ4v) is 2.83. The number of aromatic nitrogens is 2. The molecule has 0 aliphatic carbocycles. The van der Waals surface area contributed by atoms with Crippen LogP contribution in [0.5, 0.6) is 0 Å². The summed E-state index contributed by atoms with van der Waals surface area (Å²) in [5.74, 6) is 0. The molecular formula is C14H20N4O2S. The van der Waals surface area contributed by atoms with Gasteiger partial charge in [0.25, 0.3) is 0 Å². The molecule has 2 aromatic rings. The predicted molar refractivity (Wildman–Crippen MR) is 82.5 cm³/mol. The average molecular weight is 308 g/mol. The zero-order valence-electron chi connectivity index (χ0n) is 12.2. The van der Waals surface area contributed by atoms with Gasteiger partial charge in [-0.15, -0.1) is 0 Å². The summed E-state index contributed by atoms with van der Waals surface area (Å²) >= 11 is 0. The van der Waals surface area contributed by atoms with Crippen LogP contribution in [0.3, 0.4) is 0 Å². The summed E-state index contributed by atoms with van der Waals surface area (Å²) in [6.45, 7) is 3.12. The second-order valence-electron chi connectivity index (χ2n) is 4.76. The number of rotatable bonds is 7. The molecule has 0 saturated heterocycles. The van der Waals surface area contributed by atoms with E-state index in [0.29, 0.717) is 5.69 Å². The second-order valence-corrected chi connectivity index (χ2v) is 6.52. The Morgan fingerprint density at radius 1 is 1.19 bits per heavy atom. The van der Waals surface area contributed by atoms with Crippen molar-refractivity contribution in [2.24, 2.45) is 7.05 Å². The molecule has 114 valence electrons. The molecule has 0 aliphatic rings. The van der Waals surface area contributed by atoms with E-state index in [9.17, 15) is 8.42 Å². The monoisotopic (exact) mass is 308 g/mol. The maximum absolute atomic E-state index is 12.2.